The van der Waals surface area contributed by atoms with Gasteiger partial charge >= 0.3 is 0 Å². The van der Waals surface area contributed by atoms with E-state index in [4.69, 9.17) is 5.73 Å². The van der Waals surface area contributed by atoms with Crippen LogP contribution in [0.4, 0.5) is 10.1 Å². The molecule has 1 atom stereocenters. The summed E-state index contributed by atoms with van der Waals surface area (Å²) in [5.74, 6) is -1.50. The maximum atomic E-state index is 13.6. The Bertz CT molecular complexity index is 587. The summed E-state index contributed by atoms with van der Waals surface area (Å²) in [7, 11) is -3.46. The fourth-order valence-corrected chi connectivity index (χ4v) is 2.42. The molecule has 0 saturated carbocycles. The van der Waals surface area contributed by atoms with Gasteiger partial charge in [0.2, 0.25) is 5.91 Å². The van der Waals surface area contributed by atoms with Crippen LogP contribution in [0.3, 0.4) is 0 Å². The lowest BCUT2D eigenvalue weighted by Crippen LogP contribution is -2.29. The fourth-order valence-electron chi connectivity index (χ4n) is 1.77. The molecule has 0 heterocycles. The molecule has 1 amide bonds. The Morgan fingerprint density at radius 1 is 1.45 bits per heavy atom. The molecule has 112 valence electrons. The molecule has 0 fully saturated rings. The number of benzene rings is 1. The van der Waals surface area contributed by atoms with Gasteiger partial charge in [-0.05, 0) is 24.6 Å². The first kappa shape index (κ1) is 16.6. The lowest BCUT2D eigenvalue weighted by atomic mass is 10.0. The van der Waals surface area contributed by atoms with Crippen molar-refractivity contribution in [3.05, 3.63) is 24.0 Å². The zero-order valence-electron chi connectivity index (χ0n) is 11.5. The van der Waals surface area contributed by atoms with Crippen molar-refractivity contribution in [3.63, 3.8) is 0 Å². The van der Waals surface area contributed by atoms with Gasteiger partial charge < -0.3 is 11.1 Å². The number of carbonyl (C=O) groups is 1. The minimum Gasteiger partial charge on any atom is -0.330 e. The van der Waals surface area contributed by atoms with Crippen LogP contribution in [-0.4, -0.2) is 27.1 Å². The van der Waals surface area contributed by atoms with E-state index in [-0.39, 0.29) is 17.1 Å². The Labute approximate surface area is 118 Å². The van der Waals surface area contributed by atoms with E-state index in [1.54, 1.807) is 0 Å². The van der Waals surface area contributed by atoms with Crippen molar-refractivity contribution in [2.75, 3.05) is 18.1 Å². The summed E-state index contributed by atoms with van der Waals surface area (Å²) in [6.07, 6.45) is 2.39. The molecule has 1 rings (SSSR count). The zero-order chi connectivity index (χ0) is 15.3. The molecule has 0 spiro atoms. The number of hydrogen-bond acceptors (Lipinski definition) is 4. The molecule has 0 saturated heterocycles. The number of sulfone groups is 1. The first-order valence-electron chi connectivity index (χ1n) is 6.30. The Morgan fingerprint density at radius 2 is 2.10 bits per heavy atom. The van der Waals surface area contributed by atoms with E-state index < -0.39 is 27.5 Å². The molecule has 3 N–H and O–H groups in total. The molecular weight excluding hydrogens is 283 g/mol. The van der Waals surface area contributed by atoms with Crippen molar-refractivity contribution < 1.29 is 17.6 Å². The van der Waals surface area contributed by atoms with Crippen LogP contribution in [-0.2, 0) is 14.6 Å². The monoisotopic (exact) mass is 302 g/mol. The summed E-state index contributed by atoms with van der Waals surface area (Å²) in [5, 5.41) is 2.40. The standard InChI is InChI=1S/C13H19FN2O3S/c1-3-4-9(8-15)13(17)16-12-7-10(20(2,18)19)5-6-11(12)14/h5-7,9H,3-4,8,15H2,1-2H3,(H,16,17). The van der Waals surface area contributed by atoms with Crippen LogP contribution in [0, 0.1) is 11.7 Å². The van der Waals surface area contributed by atoms with Crippen LogP contribution >= 0.6 is 0 Å². The number of nitrogens with two attached hydrogens (primary N) is 1. The highest BCUT2D eigenvalue weighted by molar-refractivity contribution is 7.90. The minimum atomic E-state index is -3.46. The number of anilines is 1. The summed E-state index contributed by atoms with van der Waals surface area (Å²) in [4.78, 5) is 11.9. The minimum absolute atomic E-state index is 0.0472. The number of nitrogens with one attached hydrogen (secondary N) is 1. The fraction of sp³-hybridized carbons (Fsp3) is 0.462. The smallest absolute Gasteiger partial charge is 0.228 e. The van der Waals surface area contributed by atoms with Gasteiger partial charge in [0, 0.05) is 12.8 Å². The van der Waals surface area contributed by atoms with Crippen molar-refractivity contribution in [1.29, 1.82) is 0 Å². The highest BCUT2D eigenvalue weighted by Gasteiger charge is 2.18. The first-order chi connectivity index (χ1) is 9.29. The molecule has 7 heteroatoms. The van der Waals surface area contributed by atoms with Crippen molar-refractivity contribution in [1.82, 2.24) is 0 Å². The molecular formula is C13H19FN2O3S. The highest BCUT2D eigenvalue weighted by Crippen LogP contribution is 2.20. The SMILES string of the molecule is CCCC(CN)C(=O)Nc1cc(S(C)(=O)=O)ccc1F. The van der Waals surface area contributed by atoms with Gasteiger partial charge in [-0.15, -0.1) is 0 Å². The Morgan fingerprint density at radius 3 is 2.60 bits per heavy atom. The van der Waals surface area contributed by atoms with Crippen LogP contribution < -0.4 is 11.1 Å². The van der Waals surface area contributed by atoms with Gasteiger partial charge in [0.25, 0.3) is 0 Å². The maximum Gasteiger partial charge on any atom is 0.228 e. The van der Waals surface area contributed by atoms with E-state index >= 15 is 0 Å². The molecule has 0 aliphatic heterocycles. The Hall–Kier alpha value is -1.47. The van der Waals surface area contributed by atoms with Crippen molar-refractivity contribution in [2.24, 2.45) is 11.7 Å². The lowest BCUT2D eigenvalue weighted by Gasteiger charge is -2.14. The number of halogens is 1. The molecule has 5 nitrogen and oxygen atoms in total. The van der Waals surface area contributed by atoms with Crippen LogP contribution in [0.25, 0.3) is 0 Å². The Balaban J connectivity index is 3.00. The van der Waals surface area contributed by atoms with E-state index in [2.05, 4.69) is 5.32 Å². The second-order valence-electron chi connectivity index (χ2n) is 4.62. The lowest BCUT2D eigenvalue weighted by molar-refractivity contribution is -0.119. The molecule has 0 radical (unpaired) electrons. The van der Waals surface area contributed by atoms with Gasteiger partial charge in [-0.3, -0.25) is 4.79 Å². The average Bonchev–Trinajstić information content (AvgIpc) is 2.37. The second kappa shape index (κ2) is 6.81. The summed E-state index contributed by atoms with van der Waals surface area (Å²) in [6, 6.07) is 3.29. The molecule has 1 aromatic rings. The maximum absolute atomic E-state index is 13.6. The molecule has 20 heavy (non-hydrogen) atoms. The summed E-state index contributed by atoms with van der Waals surface area (Å²) in [6.45, 7) is 2.08. The normalized spacial score (nSPS) is 13.0. The molecule has 1 aromatic carbocycles. The van der Waals surface area contributed by atoms with Crippen molar-refractivity contribution in [3.8, 4) is 0 Å². The number of carbonyl (C=O) groups excluding carboxylic acids is 1. The average molecular weight is 302 g/mol. The molecule has 0 aliphatic rings. The molecule has 0 bridgehead atoms. The highest BCUT2D eigenvalue weighted by atomic mass is 32.2. The van der Waals surface area contributed by atoms with E-state index in [0.717, 1.165) is 30.9 Å². The summed E-state index contributed by atoms with van der Waals surface area (Å²) >= 11 is 0. The predicted octanol–water partition coefficient (Wildman–Crippen LogP) is 1.54. The summed E-state index contributed by atoms with van der Waals surface area (Å²) < 4.78 is 36.5. The van der Waals surface area contributed by atoms with Crippen LogP contribution in [0.1, 0.15) is 19.8 Å². The van der Waals surface area contributed by atoms with E-state index in [9.17, 15) is 17.6 Å². The van der Waals surface area contributed by atoms with Gasteiger partial charge in [0.05, 0.1) is 16.5 Å². The van der Waals surface area contributed by atoms with Gasteiger partial charge in [-0.2, -0.15) is 0 Å². The summed E-state index contributed by atoms with van der Waals surface area (Å²) in [5.41, 5.74) is 5.35. The van der Waals surface area contributed by atoms with E-state index in [1.807, 2.05) is 6.92 Å². The van der Waals surface area contributed by atoms with Crippen LogP contribution in [0.5, 0.6) is 0 Å². The third-order valence-corrected chi connectivity index (χ3v) is 4.03. The zero-order valence-corrected chi connectivity index (χ0v) is 12.3. The third kappa shape index (κ3) is 4.28. The molecule has 1 unspecified atom stereocenters. The predicted molar refractivity (Wildman–Crippen MR) is 75.6 cm³/mol. The number of hydrogen-bond donors (Lipinski definition) is 2. The van der Waals surface area contributed by atoms with Crippen LogP contribution in [0.2, 0.25) is 0 Å². The second-order valence-corrected chi connectivity index (χ2v) is 6.64. The van der Waals surface area contributed by atoms with Gasteiger partial charge in [-0.1, -0.05) is 13.3 Å². The third-order valence-electron chi connectivity index (χ3n) is 2.92. The van der Waals surface area contributed by atoms with Crippen LogP contribution in [0.15, 0.2) is 23.1 Å². The Kier molecular flexibility index (Phi) is 5.64. The topological polar surface area (TPSA) is 89.3 Å². The van der Waals surface area contributed by atoms with E-state index in [1.165, 1.54) is 0 Å². The van der Waals surface area contributed by atoms with Crippen molar-refractivity contribution in [2.45, 2.75) is 24.7 Å². The van der Waals surface area contributed by atoms with Crippen molar-refractivity contribution >= 4 is 21.4 Å². The quantitative estimate of drug-likeness (QED) is 0.780. The van der Waals surface area contributed by atoms with Gasteiger partial charge in [0.15, 0.2) is 9.84 Å². The number of amides is 1. The molecule has 0 aromatic heterocycles. The van der Waals surface area contributed by atoms with E-state index in [0.29, 0.717) is 6.42 Å². The largest absolute Gasteiger partial charge is 0.330 e. The van der Waals surface area contributed by atoms with Gasteiger partial charge in [0.1, 0.15) is 5.82 Å². The number of rotatable bonds is 6. The first-order valence-corrected chi connectivity index (χ1v) is 8.19. The van der Waals surface area contributed by atoms with Gasteiger partial charge in [-0.25, -0.2) is 12.8 Å². The molecule has 0 aliphatic carbocycles.